The fourth-order valence-electron chi connectivity index (χ4n) is 7.53. The molecule has 2 N–H and O–H groups in total. The van der Waals surface area contributed by atoms with E-state index in [0.717, 1.165) is 32.6 Å². The number of rotatable bonds is 9. The van der Waals surface area contributed by atoms with E-state index < -0.39 is 5.97 Å². The normalized spacial score (nSPS) is 24.0. The maximum atomic E-state index is 14.0. The first-order valence-electron chi connectivity index (χ1n) is 17.3. The zero-order chi connectivity index (χ0) is 34.9. The first kappa shape index (κ1) is 35.7. The summed E-state index contributed by atoms with van der Waals surface area (Å²) in [5, 5.41) is 13.5. The van der Waals surface area contributed by atoms with Crippen molar-refractivity contribution in [3.63, 3.8) is 0 Å². The van der Waals surface area contributed by atoms with Crippen LogP contribution in [0.1, 0.15) is 68.8 Å². The van der Waals surface area contributed by atoms with Gasteiger partial charge in [-0.1, -0.05) is 41.4 Å². The zero-order valence-electron chi connectivity index (χ0n) is 28.4. The molecule has 2 aliphatic heterocycles. The van der Waals surface area contributed by atoms with Crippen LogP contribution in [0.25, 0.3) is 11.0 Å². The number of furan rings is 1. The highest BCUT2D eigenvalue weighted by Gasteiger charge is 2.40. The molecule has 0 radical (unpaired) electrons. The molecule has 1 saturated carbocycles. The van der Waals surface area contributed by atoms with Gasteiger partial charge in [0.05, 0.1) is 47.4 Å². The van der Waals surface area contributed by atoms with Crippen LogP contribution in [-0.4, -0.2) is 101 Å². The number of hydrogen-bond donors (Lipinski definition) is 2. The zero-order valence-corrected chi connectivity index (χ0v) is 29.9. The van der Waals surface area contributed by atoms with E-state index in [-0.39, 0.29) is 52.9 Å². The molecule has 2 saturated heterocycles. The predicted molar refractivity (Wildman–Crippen MR) is 190 cm³/mol. The molecule has 2 atom stereocenters. The fraction of sp³-hybridized carbons (Fsp3) is 0.541. The van der Waals surface area contributed by atoms with E-state index in [1.165, 1.54) is 6.26 Å². The van der Waals surface area contributed by atoms with Crippen molar-refractivity contribution in [1.82, 2.24) is 14.7 Å². The highest BCUT2D eigenvalue weighted by atomic mass is 35.5. The monoisotopic (exact) mass is 712 g/mol. The minimum atomic E-state index is -0.735. The highest BCUT2D eigenvalue weighted by Crippen LogP contribution is 2.33. The van der Waals surface area contributed by atoms with Gasteiger partial charge in [0.1, 0.15) is 11.8 Å². The number of carbonyl (C=O) groups excluding carboxylic acids is 2. The second kappa shape index (κ2) is 15.0. The summed E-state index contributed by atoms with van der Waals surface area (Å²) in [5.74, 6) is -1.47. The van der Waals surface area contributed by atoms with Gasteiger partial charge in [0.15, 0.2) is 0 Å². The molecule has 3 aromatic rings. The molecule has 6 rings (SSSR count). The molecule has 12 heteroatoms. The van der Waals surface area contributed by atoms with Gasteiger partial charge in [-0.15, -0.1) is 0 Å². The molecule has 2 amide bonds. The van der Waals surface area contributed by atoms with Gasteiger partial charge in [0.25, 0.3) is 5.91 Å². The van der Waals surface area contributed by atoms with Crippen molar-refractivity contribution in [2.75, 3.05) is 44.6 Å². The molecule has 2 aromatic carbocycles. The van der Waals surface area contributed by atoms with Crippen molar-refractivity contribution >= 4 is 57.6 Å². The Morgan fingerprint density at radius 1 is 1.00 bits per heavy atom. The van der Waals surface area contributed by atoms with E-state index in [1.807, 2.05) is 23.1 Å². The summed E-state index contributed by atoms with van der Waals surface area (Å²) in [7, 11) is 0. The Kier molecular flexibility index (Phi) is 10.9. The molecule has 3 aliphatic rings. The predicted octanol–water partition coefficient (Wildman–Crippen LogP) is 6.58. The van der Waals surface area contributed by atoms with Crippen molar-refractivity contribution in [3.8, 4) is 0 Å². The Bertz CT molecular complexity index is 1670. The number of piperazine rings is 1. The van der Waals surface area contributed by atoms with Crippen molar-refractivity contribution in [2.24, 2.45) is 5.92 Å². The number of halogens is 2. The standard InChI is InChI=1S/C37H46Cl2N4O6/c1-37(2,3)42-14-12-41(13-15-42)25-18-26(21-48-27-10-8-23(9-11-27)36(46)47)43(20-25)34(44)17-24-16-31(39)32(19-30(24)38)40-35(45)29-22-49-33-7-5-4-6-28(29)33/h4-7,16,19,22-23,25-27H,8-15,17-18,20-21H2,1-3H3,(H,40,45)(H,46,47)/t23-,25-,26-,27-/m0/s1. The summed E-state index contributed by atoms with van der Waals surface area (Å²) in [4.78, 5) is 45.5. The van der Waals surface area contributed by atoms with Gasteiger partial charge < -0.3 is 24.5 Å². The summed E-state index contributed by atoms with van der Waals surface area (Å²) >= 11 is 13.4. The number of nitrogens with zero attached hydrogens (tertiary/aromatic N) is 3. The molecule has 49 heavy (non-hydrogen) atoms. The number of aliphatic carboxylic acids is 1. The largest absolute Gasteiger partial charge is 0.481 e. The Labute approximate surface area is 297 Å². The average Bonchev–Trinajstić information content (AvgIpc) is 3.71. The molecule has 3 fully saturated rings. The summed E-state index contributed by atoms with van der Waals surface area (Å²) < 4.78 is 11.9. The van der Waals surface area contributed by atoms with Crippen molar-refractivity contribution < 1.29 is 28.6 Å². The topological polar surface area (TPSA) is 116 Å². The lowest BCUT2D eigenvalue weighted by molar-refractivity contribution is -0.144. The second-order valence-electron chi connectivity index (χ2n) is 14.6. The number of nitrogens with one attached hydrogen (secondary N) is 1. The SMILES string of the molecule is CC(C)(C)N1CCN([C@H]2C[C@@H](CO[C@H]3CC[C@H](C(=O)O)CC3)N(C(=O)Cc3cc(Cl)c(NC(=O)c4coc5ccccc45)cc3Cl)C2)CC1. The maximum Gasteiger partial charge on any atom is 0.306 e. The summed E-state index contributed by atoms with van der Waals surface area (Å²) in [6, 6.07) is 10.6. The van der Waals surface area contributed by atoms with Crippen molar-refractivity contribution in [3.05, 3.63) is 63.8 Å². The van der Waals surface area contributed by atoms with Crippen LogP contribution in [0.15, 0.2) is 47.1 Å². The Hall–Kier alpha value is -3.15. The van der Waals surface area contributed by atoms with E-state index in [9.17, 15) is 19.5 Å². The number of fused-ring (bicyclic) bond motifs is 1. The van der Waals surface area contributed by atoms with Crippen LogP contribution in [0.4, 0.5) is 5.69 Å². The number of carbonyl (C=O) groups is 3. The maximum absolute atomic E-state index is 14.0. The summed E-state index contributed by atoms with van der Waals surface area (Å²) in [6.45, 7) is 11.6. The number of ether oxygens (including phenoxy) is 1. The number of carboxylic acid groups (broad SMARTS) is 1. The van der Waals surface area contributed by atoms with E-state index in [0.29, 0.717) is 71.6 Å². The first-order chi connectivity index (χ1) is 23.4. The van der Waals surface area contributed by atoms with Crippen LogP contribution in [0.5, 0.6) is 0 Å². The van der Waals surface area contributed by atoms with Crippen LogP contribution in [-0.2, 0) is 20.7 Å². The van der Waals surface area contributed by atoms with E-state index in [4.69, 9.17) is 32.4 Å². The molecule has 10 nitrogen and oxygen atoms in total. The van der Waals surface area contributed by atoms with Crippen molar-refractivity contribution in [2.45, 2.75) is 83.0 Å². The number of para-hydroxylation sites is 1. The highest BCUT2D eigenvalue weighted by molar-refractivity contribution is 6.36. The number of amides is 2. The number of likely N-dealkylation sites (tertiary alicyclic amines) is 1. The number of hydrogen-bond acceptors (Lipinski definition) is 7. The third-order valence-corrected chi connectivity index (χ3v) is 11.2. The van der Waals surface area contributed by atoms with Crippen LogP contribution in [0.2, 0.25) is 10.0 Å². The number of benzene rings is 2. The first-order valence-corrected chi connectivity index (χ1v) is 18.0. The third kappa shape index (κ3) is 8.26. The molecule has 1 aliphatic carbocycles. The van der Waals surface area contributed by atoms with Gasteiger partial charge in [0.2, 0.25) is 5.91 Å². The van der Waals surface area contributed by atoms with Gasteiger partial charge in [0, 0.05) is 54.7 Å². The molecule has 264 valence electrons. The lowest BCUT2D eigenvalue weighted by atomic mass is 9.87. The number of carboxylic acids is 1. The minimum absolute atomic E-state index is 0.00187. The molecular formula is C37H46Cl2N4O6. The lowest BCUT2D eigenvalue weighted by Crippen LogP contribution is -2.56. The molecule has 0 unspecified atom stereocenters. The molecule has 1 aromatic heterocycles. The van der Waals surface area contributed by atoms with Crippen LogP contribution < -0.4 is 5.32 Å². The van der Waals surface area contributed by atoms with Crippen molar-refractivity contribution in [1.29, 1.82) is 0 Å². The molecule has 3 heterocycles. The third-order valence-electron chi connectivity index (χ3n) is 10.5. The second-order valence-corrected chi connectivity index (χ2v) is 15.4. The average molecular weight is 714 g/mol. The summed E-state index contributed by atoms with van der Waals surface area (Å²) in [6.07, 6.45) is 4.94. The van der Waals surface area contributed by atoms with Gasteiger partial charge >= 0.3 is 5.97 Å². The van der Waals surface area contributed by atoms with E-state index in [2.05, 4.69) is 35.9 Å². The molecular weight excluding hydrogens is 667 g/mol. The van der Waals surface area contributed by atoms with Gasteiger partial charge in [-0.2, -0.15) is 0 Å². The smallest absolute Gasteiger partial charge is 0.306 e. The van der Waals surface area contributed by atoms with E-state index >= 15 is 0 Å². The Morgan fingerprint density at radius 2 is 1.71 bits per heavy atom. The lowest BCUT2D eigenvalue weighted by Gasteiger charge is -2.44. The Morgan fingerprint density at radius 3 is 2.41 bits per heavy atom. The molecule has 0 spiro atoms. The number of anilines is 1. The Balaban J connectivity index is 1.13. The fourth-order valence-corrected chi connectivity index (χ4v) is 7.99. The van der Waals surface area contributed by atoms with E-state index in [1.54, 1.807) is 18.2 Å². The summed E-state index contributed by atoms with van der Waals surface area (Å²) in [5.41, 5.74) is 2.03. The van der Waals surface area contributed by atoms with Gasteiger partial charge in [-0.3, -0.25) is 24.2 Å². The molecule has 0 bridgehead atoms. The quantitative estimate of drug-likeness (QED) is 0.256. The minimum Gasteiger partial charge on any atom is -0.481 e. The van der Waals surface area contributed by atoms with Gasteiger partial charge in [-0.05, 0) is 76.6 Å². The van der Waals surface area contributed by atoms with Crippen LogP contribution in [0, 0.1) is 5.92 Å². The van der Waals surface area contributed by atoms with Gasteiger partial charge in [-0.25, -0.2) is 0 Å². The van der Waals surface area contributed by atoms with Crippen LogP contribution >= 0.6 is 23.2 Å². The van der Waals surface area contributed by atoms with Crippen LogP contribution in [0.3, 0.4) is 0 Å².